The largest absolute Gasteiger partial charge is 0.381 e. The molecule has 0 radical (unpaired) electrons. The van der Waals surface area contributed by atoms with Gasteiger partial charge < -0.3 is 5.32 Å². The maximum absolute atomic E-state index is 13.3. The van der Waals surface area contributed by atoms with Gasteiger partial charge in [-0.3, -0.25) is 0 Å². The van der Waals surface area contributed by atoms with Crippen LogP contribution in [-0.4, -0.2) is 4.98 Å². The molecular weight excluding hydrogens is 327 g/mol. The summed E-state index contributed by atoms with van der Waals surface area (Å²) in [5.74, 6) is -0.232. The molecule has 0 atom stereocenters. The lowest BCUT2D eigenvalue weighted by Crippen LogP contribution is -1.99. The molecule has 19 heavy (non-hydrogen) atoms. The molecule has 0 bridgehead atoms. The molecule has 3 aromatic rings. The van der Waals surface area contributed by atoms with E-state index in [1.54, 1.807) is 11.3 Å². The molecule has 3 rings (SSSR count). The zero-order chi connectivity index (χ0) is 13.2. The van der Waals surface area contributed by atoms with Crippen LogP contribution in [0.5, 0.6) is 0 Å². The van der Waals surface area contributed by atoms with Crippen molar-refractivity contribution in [3.63, 3.8) is 0 Å². The Kier molecular flexibility index (Phi) is 3.48. The van der Waals surface area contributed by atoms with Gasteiger partial charge in [0, 0.05) is 16.7 Å². The minimum absolute atomic E-state index is 0.232. The third-order valence-corrected chi connectivity index (χ3v) is 4.00. The Hall–Kier alpha value is -1.46. The third kappa shape index (κ3) is 2.93. The van der Waals surface area contributed by atoms with Crippen molar-refractivity contribution in [2.24, 2.45) is 0 Å². The average Bonchev–Trinajstić information content (AvgIpc) is 2.82. The molecule has 1 heterocycles. The number of rotatable bonds is 3. The monoisotopic (exact) mass is 336 g/mol. The smallest absolute Gasteiger partial charge is 0.124 e. The molecule has 5 heteroatoms. The SMILES string of the molecule is Fc1cc(Br)cc(CNc2ccc3ncsc3c2)c1. The van der Waals surface area contributed by atoms with Crippen LogP contribution in [0.3, 0.4) is 0 Å². The van der Waals surface area contributed by atoms with Crippen LogP contribution in [0.2, 0.25) is 0 Å². The Balaban J connectivity index is 1.77. The van der Waals surface area contributed by atoms with Crippen LogP contribution < -0.4 is 5.32 Å². The number of thiazole rings is 1. The molecule has 0 aliphatic carbocycles. The van der Waals surface area contributed by atoms with Crippen LogP contribution in [0.25, 0.3) is 10.2 Å². The van der Waals surface area contributed by atoms with Crippen molar-refractivity contribution >= 4 is 43.2 Å². The van der Waals surface area contributed by atoms with Gasteiger partial charge in [0.15, 0.2) is 0 Å². The molecule has 0 unspecified atom stereocenters. The Morgan fingerprint density at radius 3 is 2.95 bits per heavy atom. The fourth-order valence-electron chi connectivity index (χ4n) is 1.88. The maximum Gasteiger partial charge on any atom is 0.124 e. The summed E-state index contributed by atoms with van der Waals surface area (Å²) >= 11 is 4.90. The van der Waals surface area contributed by atoms with Crippen LogP contribution in [0.15, 0.2) is 46.4 Å². The van der Waals surface area contributed by atoms with Gasteiger partial charge in [0.2, 0.25) is 0 Å². The van der Waals surface area contributed by atoms with E-state index < -0.39 is 0 Å². The first-order valence-electron chi connectivity index (χ1n) is 5.73. The molecule has 0 aliphatic heterocycles. The number of anilines is 1. The summed E-state index contributed by atoms with van der Waals surface area (Å²) in [6.07, 6.45) is 0. The number of nitrogens with zero attached hydrogens (tertiary/aromatic N) is 1. The quantitative estimate of drug-likeness (QED) is 0.742. The van der Waals surface area contributed by atoms with E-state index in [1.165, 1.54) is 12.1 Å². The average molecular weight is 337 g/mol. The Morgan fingerprint density at radius 2 is 2.11 bits per heavy atom. The van der Waals surface area contributed by atoms with Gasteiger partial charge in [-0.15, -0.1) is 11.3 Å². The summed E-state index contributed by atoms with van der Waals surface area (Å²) in [6.45, 7) is 0.584. The van der Waals surface area contributed by atoms with E-state index >= 15 is 0 Å². The minimum atomic E-state index is -0.232. The molecule has 2 aromatic carbocycles. The van der Waals surface area contributed by atoms with Crippen molar-refractivity contribution in [2.75, 3.05) is 5.32 Å². The fraction of sp³-hybridized carbons (Fsp3) is 0.0714. The molecule has 1 aromatic heterocycles. The molecule has 0 amide bonds. The van der Waals surface area contributed by atoms with E-state index in [-0.39, 0.29) is 5.82 Å². The molecular formula is C14H10BrFN2S. The van der Waals surface area contributed by atoms with Crippen LogP contribution in [0, 0.1) is 5.82 Å². The summed E-state index contributed by atoms with van der Waals surface area (Å²) in [7, 11) is 0. The van der Waals surface area contributed by atoms with Gasteiger partial charge in [0.1, 0.15) is 5.82 Å². The number of fused-ring (bicyclic) bond motifs is 1. The highest BCUT2D eigenvalue weighted by atomic mass is 79.9. The highest BCUT2D eigenvalue weighted by molar-refractivity contribution is 9.10. The first kappa shape index (κ1) is 12.6. The fourth-order valence-corrected chi connectivity index (χ4v) is 3.11. The maximum atomic E-state index is 13.3. The lowest BCUT2D eigenvalue weighted by atomic mass is 10.2. The topological polar surface area (TPSA) is 24.9 Å². The van der Waals surface area contributed by atoms with Crippen molar-refractivity contribution in [1.82, 2.24) is 4.98 Å². The molecule has 1 N–H and O–H groups in total. The number of aromatic nitrogens is 1. The van der Waals surface area contributed by atoms with Gasteiger partial charge in [-0.2, -0.15) is 0 Å². The normalized spacial score (nSPS) is 10.8. The summed E-state index contributed by atoms with van der Waals surface area (Å²) in [4.78, 5) is 4.24. The molecule has 2 nitrogen and oxygen atoms in total. The highest BCUT2D eigenvalue weighted by Gasteiger charge is 2.01. The van der Waals surface area contributed by atoms with Crippen LogP contribution >= 0.6 is 27.3 Å². The summed E-state index contributed by atoms with van der Waals surface area (Å²) in [5.41, 5.74) is 4.75. The molecule has 0 fully saturated rings. The van der Waals surface area contributed by atoms with Gasteiger partial charge in [-0.25, -0.2) is 9.37 Å². The molecule has 0 spiro atoms. The zero-order valence-electron chi connectivity index (χ0n) is 9.86. The molecule has 0 aliphatic rings. The van der Waals surface area contributed by atoms with E-state index in [4.69, 9.17) is 0 Å². The van der Waals surface area contributed by atoms with Gasteiger partial charge in [0.25, 0.3) is 0 Å². The summed E-state index contributed by atoms with van der Waals surface area (Å²) in [6, 6.07) is 10.9. The second kappa shape index (κ2) is 5.27. The minimum Gasteiger partial charge on any atom is -0.381 e. The molecule has 0 saturated heterocycles. The van der Waals surface area contributed by atoms with Gasteiger partial charge >= 0.3 is 0 Å². The third-order valence-electron chi connectivity index (χ3n) is 2.75. The van der Waals surface area contributed by atoms with Crippen molar-refractivity contribution in [1.29, 1.82) is 0 Å². The molecule has 96 valence electrons. The standard InChI is InChI=1S/C14H10BrFN2S/c15-10-3-9(4-11(16)5-10)7-17-12-1-2-13-14(6-12)19-8-18-13/h1-6,8,17H,7H2. The lowest BCUT2D eigenvalue weighted by molar-refractivity contribution is 0.625. The van der Waals surface area contributed by atoms with Crippen molar-refractivity contribution in [3.05, 3.63) is 57.8 Å². The first-order valence-corrected chi connectivity index (χ1v) is 7.40. The van der Waals surface area contributed by atoms with E-state index in [1.807, 2.05) is 23.7 Å². The van der Waals surface area contributed by atoms with Crippen molar-refractivity contribution in [2.45, 2.75) is 6.54 Å². The summed E-state index contributed by atoms with van der Waals surface area (Å²) in [5, 5.41) is 3.29. The Morgan fingerprint density at radius 1 is 1.21 bits per heavy atom. The Bertz CT molecular complexity index is 706. The van der Waals surface area contributed by atoms with Gasteiger partial charge in [0.05, 0.1) is 15.7 Å². The second-order valence-corrected chi connectivity index (χ2v) is 5.97. The van der Waals surface area contributed by atoms with Gasteiger partial charge in [-0.05, 0) is 42.0 Å². The second-order valence-electron chi connectivity index (χ2n) is 4.17. The predicted molar refractivity (Wildman–Crippen MR) is 81.0 cm³/mol. The van der Waals surface area contributed by atoms with Crippen LogP contribution in [-0.2, 0) is 6.54 Å². The highest BCUT2D eigenvalue weighted by Crippen LogP contribution is 2.22. The Labute approximate surface area is 122 Å². The zero-order valence-corrected chi connectivity index (χ0v) is 12.3. The van der Waals surface area contributed by atoms with Gasteiger partial charge in [-0.1, -0.05) is 15.9 Å². The first-order chi connectivity index (χ1) is 9.20. The lowest BCUT2D eigenvalue weighted by Gasteiger charge is -2.07. The van der Waals surface area contributed by atoms with Crippen LogP contribution in [0.4, 0.5) is 10.1 Å². The number of hydrogen-bond donors (Lipinski definition) is 1. The molecule has 0 saturated carbocycles. The van der Waals surface area contributed by atoms with Crippen LogP contribution in [0.1, 0.15) is 5.56 Å². The number of halogens is 2. The number of hydrogen-bond acceptors (Lipinski definition) is 3. The van der Waals surface area contributed by atoms with Crippen molar-refractivity contribution in [3.8, 4) is 0 Å². The number of benzene rings is 2. The predicted octanol–water partition coefficient (Wildman–Crippen LogP) is 4.81. The van der Waals surface area contributed by atoms with E-state index in [0.29, 0.717) is 6.54 Å². The van der Waals surface area contributed by atoms with E-state index in [9.17, 15) is 4.39 Å². The van der Waals surface area contributed by atoms with E-state index in [2.05, 4.69) is 32.3 Å². The summed E-state index contributed by atoms with van der Waals surface area (Å²) < 4.78 is 15.2. The van der Waals surface area contributed by atoms with E-state index in [0.717, 1.165) is 25.9 Å². The number of nitrogens with one attached hydrogen (secondary N) is 1. The van der Waals surface area contributed by atoms with Crippen molar-refractivity contribution < 1.29 is 4.39 Å².